The van der Waals surface area contributed by atoms with Gasteiger partial charge in [0.2, 0.25) is 0 Å². The van der Waals surface area contributed by atoms with E-state index in [0.29, 0.717) is 28.5 Å². The zero-order valence-electron chi connectivity index (χ0n) is 19.4. The molecule has 34 heavy (non-hydrogen) atoms. The predicted molar refractivity (Wildman–Crippen MR) is 135 cm³/mol. The molecule has 2 heterocycles. The molecule has 0 aliphatic carbocycles. The summed E-state index contributed by atoms with van der Waals surface area (Å²) in [5, 5.41) is 3.76. The summed E-state index contributed by atoms with van der Waals surface area (Å²) >= 11 is 12.5. The van der Waals surface area contributed by atoms with Crippen LogP contribution < -0.4 is 5.32 Å². The van der Waals surface area contributed by atoms with Gasteiger partial charge in [0.25, 0.3) is 11.8 Å². The second-order valence-electron chi connectivity index (χ2n) is 8.72. The Morgan fingerprint density at radius 1 is 1.24 bits per heavy atom. The summed E-state index contributed by atoms with van der Waals surface area (Å²) in [7, 11) is 3.84. The first kappa shape index (κ1) is 24.1. The molecule has 9 heteroatoms. The number of H-pyrrole nitrogens is 1. The van der Waals surface area contributed by atoms with E-state index in [-0.39, 0.29) is 28.9 Å². The van der Waals surface area contributed by atoms with Gasteiger partial charge in [-0.2, -0.15) is 0 Å². The van der Waals surface area contributed by atoms with E-state index in [2.05, 4.69) is 21.9 Å². The van der Waals surface area contributed by atoms with Crippen LogP contribution >= 0.6 is 23.2 Å². The minimum atomic E-state index is -0.374. The Hall–Kier alpha value is -3.03. The van der Waals surface area contributed by atoms with Crippen LogP contribution in [0.3, 0.4) is 0 Å². The minimum Gasteiger partial charge on any atom is -0.380 e. The van der Waals surface area contributed by atoms with E-state index < -0.39 is 0 Å². The van der Waals surface area contributed by atoms with E-state index >= 15 is 0 Å². The number of rotatable bonds is 6. The fourth-order valence-electron chi connectivity index (χ4n) is 4.19. The average molecular weight is 500 g/mol. The number of hydrogen-bond donors (Lipinski definition) is 2. The molecule has 4 rings (SSSR count). The van der Waals surface area contributed by atoms with E-state index in [1.807, 2.05) is 32.0 Å². The Morgan fingerprint density at radius 2 is 2.00 bits per heavy atom. The topological polar surface area (TPSA) is 81.3 Å². The number of nitrogens with one attached hydrogen (secondary N) is 2. The summed E-state index contributed by atoms with van der Waals surface area (Å²) in [5.74, 6) is 0.147. The predicted octanol–water partition coefficient (Wildman–Crippen LogP) is 5.04. The molecular formula is C25H27Cl2N5O2. The van der Waals surface area contributed by atoms with Crippen molar-refractivity contribution < 1.29 is 9.59 Å². The Morgan fingerprint density at radius 3 is 2.71 bits per heavy atom. The Labute approximate surface area is 208 Å². The molecule has 2 N–H and O–H groups in total. The molecule has 0 radical (unpaired) electrons. The lowest BCUT2D eigenvalue weighted by Crippen LogP contribution is -2.39. The van der Waals surface area contributed by atoms with Crippen molar-refractivity contribution in [2.75, 3.05) is 20.6 Å². The van der Waals surface area contributed by atoms with Gasteiger partial charge in [-0.05, 0) is 56.2 Å². The highest BCUT2D eigenvalue weighted by molar-refractivity contribution is 6.34. The second-order valence-corrected chi connectivity index (χ2v) is 9.56. The Bertz CT molecular complexity index is 1270. The molecule has 1 unspecified atom stereocenters. The van der Waals surface area contributed by atoms with Crippen molar-refractivity contribution in [3.05, 3.63) is 75.7 Å². The van der Waals surface area contributed by atoms with Crippen molar-refractivity contribution >= 4 is 46.0 Å². The SMILES string of the molecule is C=C([C@@H]1CCCN1C(=O)c1ccc(C(=O)NC(C)c2nc3ccc(Cl)cc3[nH]2)cc1Cl)N(C)C. The lowest BCUT2D eigenvalue weighted by atomic mass is 10.1. The molecule has 2 amide bonds. The zero-order valence-corrected chi connectivity index (χ0v) is 20.9. The third-order valence-corrected chi connectivity index (χ3v) is 6.70. The standard InChI is InChI=1S/C25H27Cl2N5O2/c1-14(23-29-20-10-8-17(26)13-21(20)30-23)28-24(33)16-7-9-18(19(27)12-16)25(34)32-11-5-6-22(32)15(2)31(3)4/h7-10,12-14,22H,2,5-6,11H2,1,3-4H3,(H,28,33)(H,29,30)/t14?,22-/m0/s1. The molecule has 1 aliphatic rings. The van der Waals surface area contributed by atoms with Gasteiger partial charge in [0.1, 0.15) is 5.82 Å². The van der Waals surface area contributed by atoms with Gasteiger partial charge in [0, 0.05) is 36.9 Å². The first-order valence-electron chi connectivity index (χ1n) is 11.1. The number of likely N-dealkylation sites (tertiary alicyclic amines) is 1. The minimum absolute atomic E-state index is 0.0546. The number of carbonyl (C=O) groups is 2. The summed E-state index contributed by atoms with van der Waals surface area (Å²) in [6, 6.07) is 9.70. The number of aromatic nitrogens is 2. The van der Waals surface area contributed by atoms with Crippen molar-refractivity contribution in [2.45, 2.75) is 31.8 Å². The third kappa shape index (κ3) is 4.76. The molecule has 2 atom stereocenters. The number of likely N-dealkylation sites (N-methyl/N-ethyl adjacent to an activating group) is 1. The fraction of sp³-hybridized carbons (Fsp3) is 0.320. The van der Waals surface area contributed by atoms with Crippen LogP contribution in [-0.2, 0) is 0 Å². The number of imidazole rings is 1. The molecule has 1 aromatic heterocycles. The maximum Gasteiger partial charge on any atom is 0.255 e. The maximum absolute atomic E-state index is 13.2. The Kier molecular flexibility index (Phi) is 6.86. The molecule has 1 saturated heterocycles. The van der Waals surface area contributed by atoms with Gasteiger partial charge >= 0.3 is 0 Å². The van der Waals surface area contributed by atoms with Crippen molar-refractivity contribution in [1.29, 1.82) is 0 Å². The van der Waals surface area contributed by atoms with Crippen LogP contribution in [0.2, 0.25) is 10.0 Å². The van der Waals surface area contributed by atoms with Gasteiger partial charge < -0.3 is 20.1 Å². The van der Waals surface area contributed by atoms with Crippen molar-refractivity contribution in [1.82, 2.24) is 25.1 Å². The molecule has 1 fully saturated rings. The van der Waals surface area contributed by atoms with Gasteiger partial charge in [-0.1, -0.05) is 29.8 Å². The lowest BCUT2D eigenvalue weighted by molar-refractivity contribution is 0.0743. The lowest BCUT2D eigenvalue weighted by Gasteiger charge is -2.30. The summed E-state index contributed by atoms with van der Waals surface area (Å²) in [4.78, 5) is 37.5. The van der Waals surface area contributed by atoms with Crippen LogP contribution in [0, 0.1) is 0 Å². The molecule has 7 nitrogen and oxygen atoms in total. The smallest absolute Gasteiger partial charge is 0.255 e. The molecule has 0 saturated carbocycles. The first-order valence-corrected chi connectivity index (χ1v) is 11.8. The molecular weight excluding hydrogens is 473 g/mol. The van der Waals surface area contributed by atoms with Gasteiger partial charge in [-0.25, -0.2) is 4.98 Å². The Balaban J connectivity index is 1.48. The number of amides is 2. The quantitative estimate of drug-likeness (QED) is 0.497. The number of fused-ring (bicyclic) bond motifs is 1. The van der Waals surface area contributed by atoms with Gasteiger partial charge in [-0.15, -0.1) is 0 Å². The maximum atomic E-state index is 13.2. The highest BCUT2D eigenvalue weighted by atomic mass is 35.5. The van der Waals surface area contributed by atoms with Crippen LogP contribution in [0.15, 0.2) is 48.7 Å². The molecule has 1 aliphatic heterocycles. The largest absolute Gasteiger partial charge is 0.380 e. The molecule has 3 aromatic rings. The van der Waals surface area contributed by atoms with E-state index in [4.69, 9.17) is 23.2 Å². The number of carbonyl (C=O) groups excluding carboxylic acids is 2. The van der Waals surface area contributed by atoms with Gasteiger partial charge in [0.15, 0.2) is 0 Å². The number of hydrogen-bond acceptors (Lipinski definition) is 4. The second kappa shape index (κ2) is 9.68. The normalized spacial score (nSPS) is 16.5. The van der Waals surface area contributed by atoms with Crippen LogP contribution in [0.25, 0.3) is 11.0 Å². The first-order chi connectivity index (χ1) is 16.2. The zero-order chi connectivity index (χ0) is 24.6. The van der Waals surface area contributed by atoms with E-state index in [1.165, 1.54) is 6.07 Å². The van der Waals surface area contributed by atoms with Crippen LogP contribution in [0.5, 0.6) is 0 Å². The van der Waals surface area contributed by atoms with E-state index in [9.17, 15) is 9.59 Å². The van der Waals surface area contributed by atoms with Crippen LogP contribution in [0.1, 0.15) is 52.3 Å². The monoisotopic (exact) mass is 499 g/mol. The van der Waals surface area contributed by atoms with Crippen LogP contribution in [0.4, 0.5) is 0 Å². The summed E-state index contributed by atoms with van der Waals surface area (Å²) in [5.41, 5.74) is 3.19. The molecule has 178 valence electrons. The van der Waals surface area contributed by atoms with Crippen molar-refractivity contribution in [3.8, 4) is 0 Å². The van der Waals surface area contributed by atoms with Gasteiger partial charge in [-0.3, -0.25) is 9.59 Å². The molecule has 0 spiro atoms. The fourth-order valence-corrected chi connectivity index (χ4v) is 4.63. The average Bonchev–Trinajstić information content (AvgIpc) is 3.44. The molecule has 0 bridgehead atoms. The number of aromatic amines is 1. The molecule has 2 aromatic carbocycles. The van der Waals surface area contributed by atoms with Gasteiger partial charge in [0.05, 0.1) is 33.7 Å². The third-order valence-electron chi connectivity index (χ3n) is 6.15. The highest BCUT2D eigenvalue weighted by Gasteiger charge is 2.33. The van der Waals surface area contributed by atoms with Crippen molar-refractivity contribution in [3.63, 3.8) is 0 Å². The van der Waals surface area contributed by atoms with Crippen LogP contribution in [-0.4, -0.2) is 58.3 Å². The van der Waals surface area contributed by atoms with E-state index in [1.54, 1.807) is 29.2 Å². The number of benzene rings is 2. The number of halogens is 2. The number of nitrogens with zero attached hydrogens (tertiary/aromatic N) is 3. The van der Waals surface area contributed by atoms with E-state index in [0.717, 1.165) is 29.6 Å². The summed E-state index contributed by atoms with van der Waals surface area (Å²) < 4.78 is 0. The van der Waals surface area contributed by atoms with Crippen molar-refractivity contribution in [2.24, 2.45) is 0 Å². The summed E-state index contributed by atoms with van der Waals surface area (Å²) in [6.07, 6.45) is 1.78. The highest BCUT2D eigenvalue weighted by Crippen LogP contribution is 2.28. The summed E-state index contributed by atoms with van der Waals surface area (Å²) in [6.45, 7) is 6.61.